The Morgan fingerprint density at radius 2 is 2.54 bits per heavy atom. The number of nitrogens with zero attached hydrogens (tertiary/aromatic N) is 2. The number of hydrogen-bond acceptors (Lipinski definition) is 5. The smallest absolute Gasteiger partial charge is 0.304 e. The van der Waals surface area contributed by atoms with Gasteiger partial charge in [-0.25, -0.2) is 16.1 Å². The topological polar surface area (TPSA) is 92.0 Å². The maximum Gasteiger partial charge on any atom is 0.352 e. The number of rotatable bonds is 3. The zero-order valence-electron chi connectivity index (χ0n) is 7.57. The molecule has 1 aliphatic rings. The van der Waals surface area contributed by atoms with Crippen LogP contribution in [0.1, 0.15) is 6.92 Å². The Hall–Kier alpha value is -1.18. The van der Waals surface area contributed by atoms with E-state index >= 15 is 0 Å². The van der Waals surface area contributed by atoms with Crippen molar-refractivity contribution in [3.8, 4) is 0 Å². The van der Waals surface area contributed by atoms with Crippen LogP contribution < -0.4 is 16.7 Å². The van der Waals surface area contributed by atoms with Crippen LogP contribution in [0.3, 0.4) is 0 Å². The number of hydrazone groups is 1. The Morgan fingerprint density at radius 1 is 1.85 bits per heavy atom. The molecule has 1 heterocycles. The van der Waals surface area contributed by atoms with E-state index in [9.17, 15) is 4.79 Å². The summed E-state index contributed by atoms with van der Waals surface area (Å²) < 4.78 is 0. The highest BCUT2D eigenvalue weighted by Crippen LogP contribution is 1.96. The van der Waals surface area contributed by atoms with Gasteiger partial charge in [0.25, 0.3) is 0 Å². The summed E-state index contributed by atoms with van der Waals surface area (Å²) in [6, 6.07) is -0.495. The van der Waals surface area contributed by atoms with E-state index < -0.39 is 6.03 Å². The number of nitrogens with one attached hydrogen (secondary N) is 2. The van der Waals surface area contributed by atoms with Crippen molar-refractivity contribution in [1.29, 1.82) is 0 Å². The van der Waals surface area contributed by atoms with Crippen molar-refractivity contribution in [2.45, 2.75) is 13.0 Å². The number of nitrogens with two attached hydrogens (primary N) is 1. The van der Waals surface area contributed by atoms with Crippen molar-refractivity contribution >= 4 is 11.7 Å². The standard InChI is InChI=1S/C6H13N5O2/c1-4(10-13-2)5-3-11(7)6(12)9-8-5/h4,10H,3,7H2,1-2H3,(H,9,12). The van der Waals surface area contributed by atoms with E-state index in [1.165, 1.54) is 7.11 Å². The molecule has 0 aromatic rings. The van der Waals surface area contributed by atoms with Crippen LogP contribution >= 0.6 is 0 Å². The molecule has 4 N–H and O–H groups in total. The van der Waals surface area contributed by atoms with E-state index in [4.69, 9.17) is 10.7 Å². The minimum absolute atomic E-state index is 0.0864. The van der Waals surface area contributed by atoms with Crippen LogP contribution in [0.25, 0.3) is 0 Å². The highest BCUT2D eigenvalue weighted by Gasteiger charge is 2.21. The second-order valence-corrected chi connectivity index (χ2v) is 2.69. The molecule has 0 bridgehead atoms. The molecule has 2 amide bonds. The Labute approximate surface area is 75.8 Å². The number of amides is 2. The minimum atomic E-state index is -0.409. The minimum Gasteiger partial charge on any atom is -0.304 e. The van der Waals surface area contributed by atoms with Gasteiger partial charge in [-0.15, -0.1) is 0 Å². The quantitative estimate of drug-likeness (QED) is 0.293. The highest BCUT2D eigenvalue weighted by molar-refractivity contribution is 5.96. The maximum absolute atomic E-state index is 10.9. The van der Waals surface area contributed by atoms with Crippen LogP contribution in [0.5, 0.6) is 0 Å². The van der Waals surface area contributed by atoms with Gasteiger partial charge in [-0.2, -0.15) is 10.6 Å². The average molecular weight is 187 g/mol. The van der Waals surface area contributed by atoms with Crippen LogP contribution in [0.15, 0.2) is 5.10 Å². The molecule has 0 aromatic heterocycles. The van der Waals surface area contributed by atoms with Crippen LogP contribution in [0.4, 0.5) is 4.79 Å². The first-order chi connectivity index (χ1) is 6.15. The van der Waals surface area contributed by atoms with Crippen LogP contribution in [0.2, 0.25) is 0 Å². The number of carbonyl (C=O) groups excluding carboxylic acids is 1. The predicted molar refractivity (Wildman–Crippen MR) is 46.5 cm³/mol. The molecule has 0 spiro atoms. The molecule has 0 radical (unpaired) electrons. The van der Waals surface area contributed by atoms with E-state index in [-0.39, 0.29) is 6.04 Å². The fourth-order valence-electron chi connectivity index (χ4n) is 0.944. The van der Waals surface area contributed by atoms with Gasteiger partial charge < -0.3 is 4.84 Å². The summed E-state index contributed by atoms with van der Waals surface area (Å²) in [5.41, 5.74) is 5.67. The highest BCUT2D eigenvalue weighted by atomic mass is 16.6. The van der Waals surface area contributed by atoms with E-state index in [2.05, 4.69) is 16.0 Å². The molecule has 0 saturated carbocycles. The van der Waals surface area contributed by atoms with Crippen LogP contribution in [0, 0.1) is 0 Å². The van der Waals surface area contributed by atoms with Crippen molar-refractivity contribution in [3.63, 3.8) is 0 Å². The monoisotopic (exact) mass is 187 g/mol. The molecular weight excluding hydrogens is 174 g/mol. The van der Waals surface area contributed by atoms with Gasteiger partial charge >= 0.3 is 6.03 Å². The SMILES string of the molecule is CONC(C)C1=NNC(=O)N(N)C1. The summed E-state index contributed by atoms with van der Waals surface area (Å²) in [7, 11) is 1.51. The molecular formula is C6H13N5O2. The Bertz CT molecular complexity index is 229. The number of carbonyl (C=O) groups is 1. The fourth-order valence-corrected chi connectivity index (χ4v) is 0.944. The molecule has 74 valence electrons. The zero-order chi connectivity index (χ0) is 9.84. The zero-order valence-corrected chi connectivity index (χ0v) is 7.57. The van der Waals surface area contributed by atoms with Crippen molar-refractivity contribution in [2.24, 2.45) is 10.9 Å². The first-order valence-corrected chi connectivity index (χ1v) is 3.82. The number of hydrogen-bond donors (Lipinski definition) is 3. The van der Waals surface area contributed by atoms with E-state index in [1.807, 2.05) is 6.92 Å². The van der Waals surface area contributed by atoms with Crippen LogP contribution in [-0.2, 0) is 4.84 Å². The third-order valence-corrected chi connectivity index (χ3v) is 1.68. The molecule has 1 rings (SSSR count). The summed E-state index contributed by atoms with van der Waals surface area (Å²) in [4.78, 5) is 15.6. The lowest BCUT2D eigenvalue weighted by atomic mass is 10.2. The molecule has 7 nitrogen and oxygen atoms in total. The van der Waals surface area contributed by atoms with Gasteiger partial charge in [0.2, 0.25) is 0 Å². The van der Waals surface area contributed by atoms with Gasteiger partial charge in [0.15, 0.2) is 0 Å². The predicted octanol–water partition coefficient (Wildman–Crippen LogP) is -1.22. The summed E-state index contributed by atoms with van der Waals surface area (Å²) in [6.45, 7) is 2.15. The van der Waals surface area contributed by atoms with Gasteiger partial charge in [-0.1, -0.05) is 0 Å². The average Bonchev–Trinajstić information content (AvgIpc) is 2.10. The summed E-state index contributed by atoms with van der Waals surface area (Å²) in [5, 5.41) is 4.88. The Balaban J connectivity index is 2.56. The molecule has 7 heteroatoms. The summed E-state index contributed by atoms with van der Waals surface area (Å²) in [5.74, 6) is 5.37. The van der Waals surface area contributed by atoms with Crippen molar-refractivity contribution in [3.05, 3.63) is 0 Å². The maximum atomic E-state index is 10.9. The largest absolute Gasteiger partial charge is 0.352 e. The fraction of sp³-hybridized carbons (Fsp3) is 0.667. The molecule has 0 saturated heterocycles. The second-order valence-electron chi connectivity index (χ2n) is 2.69. The van der Waals surface area contributed by atoms with E-state index in [1.54, 1.807) is 0 Å². The summed E-state index contributed by atoms with van der Waals surface area (Å²) >= 11 is 0. The molecule has 0 aliphatic carbocycles. The lowest BCUT2D eigenvalue weighted by molar-refractivity contribution is 0.0814. The molecule has 13 heavy (non-hydrogen) atoms. The lowest BCUT2D eigenvalue weighted by Crippen LogP contribution is -2.53. The third-order valence-electron chi connectivity index (χ3n) is 1.68. The molecule has 0 fully saturated rings. The third kappa shape index (κ3) is 2.38. The number of urea groups is 1. The van der Waals surface area contributed by atoms with Gasteiger partial charge in [0.1, 0.15) is 0 Å². The Morgan fingerprint density at radius 3 is 3.08 bits per heavy atom. The first kappa shape index (κ1) is 9.90. The van der Waals surface area contributed by atoms with E-state index in [0.717, 1.165) is 5.01 Å². The molecule has 0 aromatic carbocycles. The molecule has 1 unspecified atom stereocenters. The summed E-state index contributed by atoms with van der Waals surface area (Å²) in [6.07, 6.45) is 0. The van der Waals surface area contributed by atoms with Crippen LogP contribution in [-0.4, -0.2) is 36.4 Å². The van der Waals surface area contributed by atoms with E-state index in [0.29, 0.717) is 12.3 Å². The van der Waals surface area contributed by atoms with Crippen molar-refractivity contribution in [1.82, 2.24) is 15.9 Å². The molecule has 1 aliphatic heterocycles. The van der Waals surface area contributed by atoms with Crippen molar-refractivity contribution in [2.75, 3.05) is 13.7 Å². The van der Waals surface area contributed by atoms with Gasteiger partial charge in [-0.05, 0) is 6.92 Å². The van der Waals surface area contributed by atoms with Gasteiger partial charge in [0.05, 0.1) is 25.4 Å². The lowest BCUT2D eigenvalue weighted by Gasteiger charge is -2.24. The second kappa shape index (κ2) is 4.17. The van der Waals surface area contributed by atoms with Gasteiger partial charge in [-0.3, -0.25) is 5.01 Å². The number of hydrazine groups is 1. The Kier molecular flexibility index (Phi) is 3.18. The van der Waals surface area contributed by atoms with Crippen molar-refractivity contribution < 1.29 is 9.63 Å². The molecule has 1 atom stereocenters. The first-order valence-electron chi connectivity index (χ1n) is 3.82. The van der Waals surface area contributed by atoms with Gasteiger partial charge in [0, 0.05) is 0 Å². The number of hydroxylamine groups is 1. The normalized spacial score (nSPS) is 19.5.